The number of nitrogens with one attached hydrogen (secondary N) is 1. The molecule has 0 aromatic rings. The SMILES string of the molecule is CC(C)NS(=O)(=O)C(F)(F)F. The van der Waals surface area contributed by atoms with Crippen molar-refractivity contribution in [2.45, 2.75) is 25.4 Å². The molecular formula is C4H8F3NO2S. The monoisotopic (exact) mass is 191 g/mol. The largest absolute Gasteiger partial charge is 0.511 e. The van der Waals surface area contributed by atoms with Crippen molar-refractivity contribution in [2.75, 3.05) is 0 Å². The quantitative estimate of drug-likeness (QED) is 0.702. The fourth-order valence-corrected chi connectivity index (χ4v) is 1.13. The highest BCUT2D eigenvalue weighted by Gasteiger charge is 2.45. The average molecular weight is 191 g/mol. The van der Waals surface area contributed by atoms with E-state index in [2.05, 4.69) is 0 Å². The summed E-state index contributed by atoms with van der Waals surface area (Å²) in [6.07, 6.45) is 0. The Labute approximate surface area is 62.6 Å². The van der Waals surface area contributed by atoms with Gasteiger partial charge in [-0.25, -0.2) is 13.1 Å². The van der Waals surface area contributed by atoms with Gasteiger partial charge in [-0.2, -0.15) is 13.2 Å². The second-order valence-corrected chi connectivity index (χ2v) is 3.93. The van der Waals surface area contributed by atoms with Crippen molar-refractivity contribution in [1.82, 2.24) is 4.72 Å². The molecule has 0 aromatic heterocycles. The zero-order chi connectivity index (χ0) is 9.28. The van der Waals surface area contributed by atoms with E-state index >= 15 is 0 Å². The predicted molar refractivity (Wildman–Crippen MR) is 33.2 cm³/mol. The molecular weight excluding hydrogens is 183 g/mol. The van der Waals surface area contributed by atoms with E-state index in [9.17, 15) is 21.6 Å². The molecule has 0 spiro atoms. The van der Waals surface area contributed by atoms with Crippen LogP contribution in [0.25, 0.3) is 0 Å². The van der Waals surface area contributed by atoms with E-state index in [1.165, 1.54) is 18.6 Å². The Kier molecular flexibility index (Phi) is 2.90. The first-order valence-electron chi connectivity index (χ1n) is 2.75. The average Bonchev–Trinajstić information content (AvgIpc) is 1.56. The number of hydrogen-bond donors (Lipinski definition) is 1. The zero-order valence-corrected chi connectivity index (χ0v) is 6.75. The van der Waals surface area contributed by atoms with Crippen molar-refractivity contribution in [3.8, 4) is 0 Å². The Bertz CT molecular complexity index is 218. The van der Waals surface area contributed by atoms with Gasteiger partial charge in [0.2, 0.25) is 0 Å². The molecule has 0 aliphatic rings. The first-order chi connectivity index (χ1) is 4.67. The normalized spacial score (nSPS) is 14.0. The number of alkyl halides is 3. The first kappa shape index (κ1) is 10.7. The fourth-order valence-electron chi connectivity index (χ4n) is 0.377. The lowest BCUT2D eigenvalue weighted by Gasteiger charge is -2.11. The lowest BCUT2D eigenvalue weighted by molar-refractivity contribution is -0.0450. The molecule has 0 amide bonds. The number of sulfonamides is 1. The summed E-state index contributed by atoms with van der Waals surface area (Å²) in [6.45, 7) is 2.62. The minimum absolute atomic E-state index is 0.748. The Morgan fingerprint density at radius 1 is 1.27 bits per heavy atom. The van der Waals surface area contributed by atoms with Crippen LogP contribution in [0.3, 0.4) is 0 Å². The van der Waals surface area contributed by atoms with Gasteiger partial charge in [0.25, 0.3) is 0 Å². The van der Waals surface area contributed by atoms with Crippen LogP contribution in [0.5, 0.6) is 0 Å². The van der Waals surface area contributed by atoms with E-state index in [1.54, 1.807) is 0 Å². The summed E-state index contributed by atoms with van der Waals surface area (Å²) < 4.78 is 56.5. The predicted octanol–water partition coefficient (Wildman–Crippen LogP) is 0.834. The topological polar surface area (TPSA) is 46.2 Å². The van der Waals surface area contributed by atoms with E-state index < -0.39 is 21.6 Å². The summed E-state index contributed by atoms with van der Waals surface area (Å²) in [7, 11) is -5.15. The Morgan fingerprint density at radius 2 is 1.64 bits per heavy atom. The summed E-state index contributed by atoms with van der Waals surface area (Å²) in [5, 5.41) is 0. The molecule has 0 aliphatic heterocycles. The van der Waals surface area contributed by atoms with Crippen LogP contribution in [0, 0.1) is 0 Å². The first-order valence-corrected chi connectivity index (χ1v) is 4.24. The van der Waals surface area contributed by atoms with Crippen LogP contribution < -0.4 is 4.72 Å². The summed E-state index contributed by atoms with van der Waals surface area (Å²) >= 11 is 0. The molecule has 0 unspecified atom stereocenters. The summed E-state index contributed by atoms with van der Waals surface area (Å²) in [4.78, 5) is 0. The van der Waals surface area contributed by atoms with Crippen LogP contribution in [0.4, 0.5) is 13.2 Å². The van der Waals surface area contributed by atoms with E-state index in [-0.39, 0.29) is 0 Å². The van der Waals surface area contributed by atoms with Gasteiger partial charge in [0, 0.05) is 6.04 Å². The van der Waals surface area contributed by atoms with Crippen molar-refractivity contribution < 1.29 is 21.6 Å². The van der Waals surface area contributed by atoms with Crippen LogP contribution in [0.2, 0.25) is 0 Å². The molecule has 1 N–H and O–H groups in total. The second-order valence-electron chi connectivity index (χ2n) is 2.22. The molecule has 0 heterocycles. The third-order valence-corrected chi connectivity index (χ3v) is 2.09. The van der Waals surface area contributed by atoms with Crippen molar-refractivity contribution in [1.29, 1.82) is 0 Å². The molecule has 0 atom stereocenters. The lowest BCUT2D eigenvalue weighted by atomic mass is 10.4. The highest BCUT2D eigenvalue weighted by Crippen LogP contribution is 2.21. The molecule has 0 rings (SSSR count). The lowest BCUT2D eigenvalue weighted by Crippen LogP contribution is -2.40. The van der Waals surface area contributed by atoms with E-state index in [1.807, 2.05) is 0 Å². The minimum Gasteiger partial charge on any atom is -0.205 e. The fraction of sp³-hybridized carbons (Fsp3) is 1.00. The maximum absolute atomic E-state index is 11.5. The number of hydrogen-bond acceptors (Lipinski definition) is 2. The maximum Gasteiger partial charge on any atom is 0.511 e. The van der Waals surface area contributed by atoms with Gasteiger partial charge < -0.3 is 0 Å². The van der Waals surface area contributed by atoms with Crippen LogP contribution in [0.1, 0.15) is 13.8 Å². The van der Waals surface area contributed by atoms with Crippen molar-refractivity contribution >= 4 is 10.0 Å². The second kappa shape index (κ2) is 2.98. The van der Waals surface area contributed by atoms with Crippen molar-refractivity contribution in [3.63, 3.8) is 0 Å². The molecule has 11 heavy (non-hydrogen) atoms. The van der Waals surface area contributed by atoms with Gasteiger partial charge in [-0.15, -0.1) is 0 Å². The summed E-state index contributed by atoms with van der Waals surface area (Å²) in [6, 6.07) is -0.748. The molecule has 3 nitrogen and oxygen atoms in total. The molecule has 0 saturated carbocycles. The number of halogens is 3. The van der Waals surface area contributed by atoms with E-state index in [0.29, 0.717) is 0 Å². The van der Waals surface area contributed by atoms with Gasteiger partial charge in [0.05, 0.1) is 0 Å². The zero-order valence-electron chi connectivity index (χ0n) is 5.94. The van der Waals surface area contributed by atoms with Gasteiger partial charge in [-0.1, -0.05) is 0 Å². The standard InChI is InChI=1S/C4H8F3NO2S/c1-3(2)8-11(9,10)4(5,6)7/h3,8H,1-2H3. The molecule has 0 aromatic carbocycles. The van der Waals surface area contributed by atoms with Crippen LogP contribution >= 0.6 is 0 Å². The minimum atomic E-state index is -5.21. The van der Waals surface area contributed by atoms with Gasteiger partial charge in [-0.3, -0.25) is 0 Å². The van der Waals surface area contributed by atoms with Crippen LogP contribution in [-0.4, -0.2) is 20.0 Å². The molecule has 68 valence electrons. The third kappa shape index (κ3) is 3.06. The molecule has 0 radical (unpaired) electrons. The third-order valence-electron chi connectivity index (χ3n) is 0.696. The van der Waals surface area contributed by atoms with Crippen molar-refractivity contribution in [2.24, 2.45) is 0 Å². The van der Waals surface area contributed by atoms with Crippen LogP contribution in [-0.2, 0) is 10.0 Å². The maximum atomic E-state index is 11.5. The van der Waals surface area contributed by atoms with Crippen LogP contribution in [0.15, 0.2) is 0 Å². The molecule has 0 fully saturated rings. The molecule has 0 bridgehead atoms. The Balaban J connectivity index is 4.51. The van der Waals surface area contributed by atoms with Gasteiger partial charge in [-0.05, 0) is 13.8 Å². The van der Waals surface area contributed by atoms with Crippen molar-refractivity contribution in [3.05, 3.63) is 0 Å². The van der Waals surface area contributed by atoms with Gasteiger partial charge in [0.15, 0.2) is 0 Å². The van der Waals surface area contributed by atoms with Gasteiger partial charge >= 0.3 is 15.5 Å². The summed E-state index contributed by atoms with van der Waals surface area (Å²) in [5.74, 6) is 0. The van der Waals surface area contributed by atoms with E-state index in [4.69, 9.17) is 0 Å². The summed E-state index contributed by atoms with van der Waals surface area (Å²) in [5.41, 5.74) is -5.21. The Hall–Kier alpha value is -0.300. The molecule has 7 heteroatoms. The highest BCUT2D eigenvalue weighted by molar-refractivity contribution is 7.90. The molecule has 0 aliphatic carbocycles. The Morgan fingerprint density at radius 3 is 1.73 bits per heavy atom. The van der Waals surface area contributed by atoms with Gasteiger partial charge in [0.1, 0.15) is 0 Å². The van der Waals surface area contributed by atoms with E-state index in [0.717, 1.165) is 0 Å². The molecule has 0 saturated heterocycles. The number of rotatable bonds is 2. The smallest absolute Gasteiger partial charge is 0.205 e. The highest BCUT2D eigenvalue weighted by atomic mass is 32.2.